The van der Waals surface area contributed by atoms with Crippen LogP contribution < -0.4 is 5.32 Å². The molecule has 0 bridgehead atoms. The number of pyridine rings is 1. The molecule has 0 saturated heterocycles. The third-order valence-corrected chi connectivity index (χ3v) is 4.53. The monoisotopic (exact) mass is 330 g/mol. The molecule has 0 aromatic carbocycles. The Balaban J connectivity index is 1.56. The number of carbonyl (C=O) groups excluding carboxylic acids is 1. The summed E-state index contributed by atoms with van der Waals surface area (Å²) in [5, 5.41) is 23.9. The number of carbonyl (C=O) groups is 1. The molecule has 0 unspecified atom stereocenters. The first-order valence-electron chi connectivity index (χ1n) is 8.21. The normalized spacial score (nSPS) is 21.1. The van der Waals surface area contributed by atoms with Crippen LogP contribution in [0.4, 0.5) is 0 Å². The Morgan fingerprint density at radius 1 is 1.42 bits per heavy atom. The van der Waals surface area contributed by atoms with Crippen LogP contribution in [0.1, 0.15) is 30.7 Å². The summed E-state index contributed by atoms with van der Waals surface area (Å²) in [5.41, 5.74) is 1.13. The Morgan fingerprint density at radius 2 is 2.17 bits per heavy atom. The number of aliphatic hydroxyl groups is 1. The highest BCUT2D eigenvalue weighted by atomic mass is 16.3. The lowest BCUT2D eigenvalue weighted by molar-refractivity contribution is -0.123. The fourth-order valence-corrected chi connectivity index (χ4v) is 3.01. The zero-order valence-corrected chi connectivity index (χ0v) is 13.7. The van der Waals surface area contributed by atoms with Crippen LogP contribution >= 0.6 is 0 Å². The number of nitrogens with one attached hydrogen (secondary N) is 1. The smallest absolute Gasteiger partial charge is 0.222 e. The van der Waals surface area contributed by atoms with Crippen LogP contribution in [0.15, 0.2) is 24.5 Å². The highest BCUT2D eigenvalue weighted by Crippen LogP contribution is 2.31. The van der Waals surface area contributed by atoms with Crippen LogP contribution in [-0.2, 0) is 17.8 Å². The molecule has 3 rings (SSSR count). The lowest BCUT2D eigenvalue weighted by Gasteiger charge is -2.38. The Hall–Kier alpha value is -2.35. The quantitative estimate of drug-likeness (QED) is 0.754. The maximum atomic E-state index is 12.3. The van der Waals surface area contributed by atoms with Gasteiger partial charge >= 0.3 is 0 Å². The maximum Gasteiger partial charge on any atom is 0.222 e. The van der Waals surface area contributed by atoms with Crippen molar-refractivity contribution in [1.82, 2.24) is 30.5 Å². The number of aryl methyl sites for hydroxylation is 2. The van der Waals surface area contributed by atoms with Crippen molar-refractivity contribution in [2.24, 2.45) is 5.92 Å². The topological polar surface area (TPSA) is 106 Å². The van der Waals surface area contributed by atoms with E-state index in [0.717, 1.165) is 24.8 Å². The van der Waals surface area contributed by atoms with Gasteiger partial charge in [-0.15, -0.1) is 5.10 Å². The van der Waals surface area contributed by atoms with Gasteiger partial charge < -0.3 is 10.4 Å². The van der Waals surface area contributed by atoms with Crippen molar-refractivity contribution in [3.63, 3.8) is 0 Å². The molecular formula is C16H22N6O2. The molecule has 8 heteroatoms. The van der Waals surface area contributed by atoms with Crippen LogP contribution in [0.3, 0.4) is 0 Å². The molecule has 1 fully saturated rings. The van der Waals surface area contributed by atoms with Crippen LogP contribution in [0.2, 0.25) is 0 Å². The molecule has 24 heavy (non-hydrogen) atoms. The standard InChI is InChI=1S/C16H22N6O2/c1-11-19-20-21-22(11)7-4-16(24)18-15(13-9-14(23)10-13)8-12-2-5-17-6-3-12/h2-3,5-6,13-15,23H,4,7-10H2,1H3,(H,18,24)/t13?,14?,15-/m1/s1. The van der Waals surface area contributed by atoms with Crippen LogP contribution in [-0.4, -0.2) is 48.4 Å². The van der Waals surface area contributed by atoms with E-state index in [-0.39, 0.29) is 18.1 Å². The van der Waals surface area contributed by atoms with Crippen LogP contribution in [0.5, 0.6) is 0 Å². The molecule has 0 radical (unpaired) electrons. The van der Waals surface area contributed by atoms with Gasteiger partial charge in [-0.3, -0.25) is 9.78 Å². The number of aliphatic hydroxyl groups excluding tert-OH is 1. The van der Waals surface area contributed by atoms with Gasteiger partial charge in [0.05, 0.1) is 12.6 Å². The van der Waals surface area contributed by atoms with Gasteiger partial charge in [0.2, 0.25) is 5.91 Å². The average Bonchev–Trinajstić information content (AvgIpc) is 2.95. The van der Waals surface area contributed by atoms with Gasteiger partial charge in [0.15, 0.2) is 0 Å². The van der Waals surface area contributed by atoms with E-state index in [2.05, 4.69) is 25.8 Å². The first-order chi connectivity index (χ1) is 11.6. The van der Waals surface area contributed by atoms with Crippen molar-refractivity contribution in [2.45, 2.75) is 51.3 Å². The molecule has 2 N–H and O–H groups in total. The summed E-state index contributed by atoms with van der Waals surface area (Å²) in [5.74, 6) is 0.982. The molecule has 2 heterocycles. The third kappa shape index (κ3) is 4.14. The fraction of sp³-hybridized carbons (Fsp3) is 0.562. The van der Waals surface area contributed by atoms with E-state index in [1.807, 2.05) is 12.1 Å². The van der Waals surface area contributed by atoms with Crippen molar-refractivity contribution in [1.29, 1.82) is 0 Å². The molecule has 1 saturated carbocycles. The van der Waals surface area contributed by atoms with Crippen molar-refractivity contribution >= 4 is 5.91 Å². The number of rotatable bonds is 7. The Morgan fingerprint density at radius 3 is 2.79 bits per heavy atom. The van der Waals surface area contributed by atoms with E-state index in [1.165, 1.54) is 0 Å². The van der Waals surface area contributed by atoms with Gasteiger partial charge in [-0.1, -0.05) is 0 Å². The second-order valence-corrected chi connectivity index (χ2v) is 6.32. The van der Waals surface area contributed by atoms with E-state index in [9.17, 15) is 9.90 Å². The van der Waals surface area contributed by atoms with E-state index in [0.29, 0.717) is 24.7 Å². The second kappa shape index (κ2) is 7.48. The molecule has 2 aromatic heterocycles. The summed E-state index contributed by atoms with van der Waals surface area (Å²) >= 11 is 0. The molecular weight excluding hydrogens is 308 g/mol. The van der Waals surface area contributed by atoms with Crippen LogP contribution in [0.25, 0.3) is 0 Å². The predicted molar refractivity (Wildman–Crippen MR) is 85.8 cm³/mol. The van der Waals surface area contributed by atoms with E-state index in [1.54, 1.807) is 24.0 Å². The molecule has 2 aromatic rings. The Bertz CT molecular complexity index is 668. The summed E-state index contributed by atoms with van der Waals surface area (Å²) in [6.45, 7) is 2.26. The summed E-state index contributed by atoms with van der Waals surface area (Å²) in [6.07, 6.45) is 5.82. The fourth-order valence-electron chi connectivity index (χ4n) is 3.01. The molecule has 0 spiro atoms. The van der Waals surface area contributed by atoms with Gasteiger partial charge in [0.1, 0.15) is 5.82 Å². The number of amides is 1. The van der Waals surface area contributed by atoms with E-state index in [4.69, 9.17) is 0 Å². The first-order valence-corrected chi connectivity index (χ1v) is 8.21. The largest absolute Gasteiger partial charge is 0.393 e. The molecule has 0 aliphatic heterocycles. The van der Waals surface area contributed by atoms with Gasteiger partial charge in [-0.25, -0.2) is 4.68 Å². The number of aromatic nitrogens is 5. The van der Waals surface area contributed by atoms with Crippen molar-refractivity contribution < 1.29 is 9.90 Å². The van der Waals surface area contributed by atoms with Gasteiger partial charge in [-0.05, 0) is 60.2 Å². The molecule has 1 amide bonds. The second-order valence-electron chi connectivity index (χ2n) is 6.32. The van der Waals surface area contributed by atoms with Crippen molar-refractivity contribution in [3.05, 3.63) is 35.9 Å². The van der Waals surface area contributed by atoms with Gasteiger partial charge in [0, 0.05) is 24.9 Å². The lowest BCUT2D eigenvalue weighted by Crippen LogP contribution is -2.48. The molecule has 1 aliphatic carbocycles. The minimum atomic E-state index is -0.240. The molecule has 1 aliphatic rings. The summed E-state index contributed by atoms with van der Waals surface area (Å²) in [6, 6.07) is 3.94. The predicted octanol–water partition coefficient (Wildman–Crippen LogP) is 0.265. The van der Waals surface area contributed by atoms with E-state index >= 15 is 0 Å². The Labute approximate surface area is 140 Å². The summed E-state index contributed by atoms with van der Waals surface area (Å²) in [4.78, 5) is 16.3. The first kappa shape index (κ1) is 16.5. The summed E-state index contributed by atoms with van der Waals surface area (Å²) < 4.78 is 1.62. The lowest BCUT2D eigenvalue weighted by atomic mass is 9.75. The van der Waals surface area contributed by atoms with Crippen molar-refractivity contribution in [2.75, 3.05) is 0 Å². The number of hydrogen-bond donors (Lipinski definition) is 2. The maximum absolute atomic E-state index is 12.3. The molecule has 8 nitrogen and oxygen atoms in total. The Kier molecular flexibility index (Phi) is 5.14. The molecule has 1 atom stereocenters. The van der Waals surface area contributed by atoms with E-state index < -0.39 is 0 Å². The third-order valence-electron chi connectivity index (χ3n) is 4.53. The van der Waals surface area contributed by atoms with Gasteiger partial charge in [0.25, 0.3) is 0 Å². The van der Waals surface area contributed by atoms with Gasteiger partial charge in [-0.2, -0.15) is 0 Å². The van der Waals surface area contributed by atoms with Crippen LogP contribution in [0, 0.1) is 12.8 Å². The summed E-state index contributed by atoms with van der Waals surface area (Å²) in [7, 11) is 0. The average molecular weight is 330 g/mol. The molecule has 128 valence electrons. The highest BCUT2D eigenvalue weighted by Gasteiger charge is 2.34. The minimum Gasteiger partial charge on any atom is -0.393 e. The van der Waals surface area contributed by atoms with Crippen molar-refractivity contribution in [3.8, 4) is 0 Å². The minimum absolute atomic E-state index is 0.0228. The highest BCUT2D eigenvalue weighted by molar-refractivity contribution is 5.76. The number of tetrazole rings is 1. The zero-order chi connectivity index (χ0) is 16.9. The zero-order valence-electron chi connectivity index (χ0n) is 13.7. The SMILES string of the molecule is Cc1nnnn1CCC(=O)N[C@H](Cc1ccncc1)C1CC(O)C1. The number of hydrogen-bond acceptors (Lipinski definition) is 6. The number of nitrogens with zero attached hydrogens (tertiary/aromatic N) is 5.